The molecule has 3 N–H and O–H groups in total. The van der Waals surface area contributed by atoms with Crippen LogP contribution in [-0.2, 0) is 4.74 Å². The Kier molecular flexibility index (Phi) is 13.0. The smallest absolute Gasteiger partial charge is 0.410 e. The number of nitrogens with zero attached hydrogens (tertiary/aromatic N) is 1. The number of carbonyl (C=O) groups is 1. The van der Waals surface area contributed by atoms with Crippen LogP contribution in [0.3, 0.4) is 0 Å². The summed E-state index contributed by atoms with van der Waals surface area (Å²) in [6.07, 6.45) is 1.66. The van der Waals surface area contributed by atoms with Crippen LogP contribution < -0.4 is 5.32 Å². The second-order valence-corrected chi connectivity index (χ2v) is 7.90. The molecule has 0 aliphatic carbocycles. The van der Waals surface area contributed by atoms with Crippen molar-refractivity contribution in [2.24, 2.45) is 0 Å². The summed E-state index contributed by atoms with van der Waals surface area (Å²) in [7, 11) is 0. The zero-order valence-corrected chi connectivity index (χ0v) is 17.9. The summed E-state index contributed by atoms with van der Waals surface area (Å²) in [5.74, 6) is 0. The van der Waals surface area contributed by atoms with E-state index in [4.69, 9.17) is 14.9 Å². The SMILES string of the molecule is CC(C)(C)OC(=O)N1CCC[C@](F)(CO)C1.Cl.Cl.OC[C@@]1(F)CCCNC1. The number of halogens is 4. The first-order chi connectivity index (χ1) is 11.5. The van der Waals surface area contributed by atoms with Crippen molar-refractivity contribution in [2.75, 3.05) is 39.4 Å². The number of carbonyl (C=O) groups excluding carboxylic acids is 1. The minimum absolute atomic E-state index is 0. The molecular weight excluding hydrogens is 405 g/mol. The second kappa shape index (κ2) is 12.2. The number of aliphatic hydroxyl groups excluding tert-OH is 2. The topological polar surface area (TPSA) is 82.0 Å². The van der Waals surface area contributed by atoms with Crippen molar-refractivity contribution in [1.29, 1.82) is 0 Å². The lowest BCUT2D eigenvalue weighted by molar-refractivity contribution is -0.0231. The molecule has 0 spiro atoms. The zero-order chi connectivity index (χ0) is 19.1. The van der Waals surface area contributed by atoms with Gasteiger partial charge < -0.3 is 25.2 Å². The number of hydrogen-bond donors (Lipinski definition) is 3. The predicted octanol–water partition coefficient (Wildman–Crippen LogP) is 2.63. The number of aliphatic hydroxyl groups is 2. The van der Waals surface area contributed by atoms with Crippen LogP contribution in [0.15, 0.2) is 0 Å². The third-order valence-corrected chi connectivity index (χ3v) is 4.17. The summed E-state index contributed by atoms with van der Waals surface area (Å²) < 4.78 is 32.0. The lowest BCUT2D eigenvalue weighted by Crippen LogP contribution is -2.50. The molecule has 2 saturated heterocycles. The number of ether oxygens (including phenoxy) is 1. The molecular formula is C17H34Cl2F2N2O4. The summed E-state index contributed by atoms with van der Waals surface area (Å²) in [6.45, 7) is 6.00. The van der Waals surface area contributed by atoms with E-state index in [0.29, 0.717) is 32.4 Å². The Morgan fingerprint density at radius 2 is 1.67 bits per heavy atom. The molecule has 0 aromatic rings. The molecule has 2 fully saturated rings. The van der Waals surface area contributed by atoms with Crippen molar-refractivity contribution in [3.8, 4) is 0 Å². The number of likely N-dealkylation sites (tertiary alicyclic amines) is 1. The van der Waals surface area contributed by atoms with Gasteiger partial charge in [-0.3, -0.25) is 0 Å². The van der Waals surface area contributed by atoms with E-state index in [9.17, 15) is 13.6 Å². The summed E-state index contributed by atoms with van der Waals surface area (Å²) in [6, 6.07) is 0. The molecule has 27 heavy (non-hydrogen) atoms. The summed E-state index contributed by atoms with van der Waals surface area (Å²) in [5, 5.41) is 20.4. The van der Waals surface area contributed by atoms with Crippen molar-refractivity contribution in [3.63, 3.8) is 0 Å². The maximum absolute atomic E-state index is 13.8. The first kappa shape index (κ1) is 28.8. The van der Waals surface area contributed by atoms with Gasteiger partial charge in [-0.15, -0.1) is 24.8 Å². The molecule has 0 saturated carbocycles. The van der Waals surface area contributed by atoms with E-state index >= 15 is 0 Å². The zero-order valence-electron chi connectivity index (χ0n) is 16.3. The molecule has 2 aliphatic rings. The van der Waals surface area contributed by atoms with Gasteiger partial charge in [0.15, 0.2) is 5.67 Å². The van der Waals surface area contributed by atoms with Crippen molar-refractivity contribution in [2.45, 2.75) is 63.4 Å². The third kappa shape index (κ3) is 10.6. The van der Waals surface area contributed by atoms with Crippen molar-refractivity contribution < 1.29 is 28.5 Å². The van der Waals surface area contributed by atoms with Crippen LogP contribution >= 0.6 is 24.8 Å². The van der Waals surface area contributed by atoms with Crippen LogP contribution in [0.25, 0.3) is 0 Å². The molecule has 0 bridgehead atoms. The van der Waals surface area contributed by atoms with Gasteiger partial charge in [-0.05, 0) is 53.0 Å². The van der Waals surface area contributed by atoms with E-state index in [2.05, 4.69) is 5.32 Å². The lowest BCUT2D eigenvalue weighted by atomic mass is 9.96. The normalized spacial score (nSPS) is 28.0. The minimum atomic E-state index is -1.67. The highest BCUT2D eigenvalue weighted by molar-refractivity contribution is 5.85. The first-order valence-electron chi connectivity index (χ1n) is 8.81. The van der Waals surface area contributed by atoms with E-state index in [0.717, 1.165) is 13.0 Å². The molecule has 0 aromatic carbocycles. The molecule has 10 heteroatoms. The fourth-order valence-electron chi connectivity index (χ4n) is 2.76. The van der Waals surface area contributed by atoms with Gasteiger partial charge in [0.1, 0.15) is 11.3 Å². The molecule has 2 aliphatic heterocycles. The summed E-state index contributed by atoms with van der Waals surface area (Å²) >= 11 is 0. The highest BCUT2D eigenvalue weighted by Crippen LogP contribution is 2.26. The summed E-state index contributed by atoms with van der Waals surface area (Å²) in [5.41, 5.74) is -3.58. The van der Waals surface area contributed by atoms with Gasteiger partial charge in [0.2, 0.25) is 0 Å². The molecule has 164 valence electrons. The Morgan fingerprint density at radius 1 is 1.11 bits per heavy atom. The molecule has 2 atom stereocenters. The average Bonchev–Trinajstić information content (AvgIpc) is 2.55. The van der Waals surface area contributed by atoms with E-state index in [1.165, 1.54) is 4.90 Å². The van der Waals surface area contributed by atoms with Crippen molar-refractivity contribution in [1.82, 2.24) is 10.2 Å². The van der Waals surface area contributed by atoms with E-state index < -0.39 is 29.6 Å². The van der Waals surface area contributed by atoms with Gasteiger partial charge >= 0.3 is 6.09 Å². The Bertz CT molecular complexity index is 436. The number of alkyl halides is 2. The number of amides is 1. The Morgan fingerprint density at radius 3 is 2.07 bits per heavy atom. The Hall–Kier alpha value is -0.410. The standard InChI is InChI=1S/C11H20FNO3.C6H12FNO.2ClH/c1-10(2,3)16-9(15)13-6-4-5-11(12,7-13)8-14;7-6(5-9)2-1-3-8-4-6;;/h14H,4-8H2,1-3H3;8-9H,1-5H2;2*1H/t11-;6-;;/m11../s1. The van der Waals surface area contributed by atoms with Crippen LogP contribution in [0.2, 0.25) is 0 Å². The van der Waals surface area contributed by atoms with E-state index in [-0.39, 0.29) is 38.0 Å². The van der Waals surface area contributed by atoms with Crippen LogP contribution in [-0.4, -0.2) is 77.5 Å². The molecule has 0 unspecified atom stereocenters. The average molecular weight is 439 g/mol. The van der Waals surface area contributed by atoms with Crippen LogP contribution in [0, 0.1) is 0 Å². The predicted molar refractivity (Wildman–Crippen MR) is 105 cm³/mol. The summed E-state index contributed by atoms with van der Waals surface area (Å²) in [4.78, 5) is 13.0. The fourth-order valence-corrected chi connectivity index (χ4v) is 2.76. The van der Waals surface area contributed by atoms with Gasteiger partial charge in [-0.25, -0.2) is 13.6 Å². The largest absolute Gasteiger partial charge is 0.444 e. The number of rotatable bonds is 2. The van der Waals surface area contributed by atoms with E-state index in [1.54, 1.807) is 20.8 Å². The van der Waals surface area contributed by atoms with Gasteiger partial charge in [-0.2, -0.15) is 0 Å². The monoisotopic (exact) mass is 438 g/mol. The van der Waals surface area contributed by atoms with Gasteiger partial charge in [0.25, 0.3) is 0 Å². The van der Waals surface area contributed by atoms with Crippen LogP contribution in [0.5, 0.6) is 0 Å². The van der Waals surface area contributed by atoms with Crippen molar-refractivity contribution >= 4 is 30.9 Å². The number of piperidine rings is 2. The molecule has 1 amide bonds. The maximum Gasteiger partial charge on any atom is 0.410 e. The van der Waals surface area contributed by atoms with Gasteiger partial charge in [0, 0.05) is 13.1 Å². The molecule has 2 rings (SSSR count). The highest BCUT2D eigenvalue weighted by Gasteiger charge is 2.38. The van der Waals surface area contributed by atoms with E-state index in [1.807, 2.05) is 0 Å². The Balaban J connectivity index is 0. The molecule has 6 nitrogen and oxygen atoms in total. The number of nitrogens with one attached hydrogen (secondary N) is 1. The fraction of sp³-hybridized carbons (Fsp3) is 0.941. The number of hydrogen-bond acceptors (Lipinski definition) is 5. The molecule has 0 aromatic heterocycles. The second-order valence-electron chi connectivity index (χ2n) is 7.90. The van der Waals surface area contributed by atoms with Crippen LogP contribution in [0.1, 0.15) is 46.5 Å². The lowest BCUT2D eigenvalue weighted by Gasteiger charge is -2.36. The third-order valence-electron chi connectivity index (χ3n) is 4.17. The van der Waals surface area contributed by atoms with Crippen molar-refractivity contribution in [3.05, 3.63) is 0 Å². The minimum Gasteiger partial charge on any atom is -0.444 e. The molecule has 0 radical (unpaired) electrons. The highest BCUT2D eigenvalue weighted by atomic mass is 35.5. The quantitative estimate of drug-likeness (QED) is 0.617. The van der Waals surface area contributed by atoms with Gasteiger partial charge in [0.05, 0.1) is 19.8 Å². The van der Waals surface area contributed by atoms with Gasteiger partial charge in [-0.1, -0.05) is 0 Å². The molecule has 2 heterocycles. The first-order valence-corrected chi connectivity index (χ1v) is 8.81. The van der Waals surface area contributed by atoms with Crippen LogP contribution in [0.4, 0.5) is 13.6 Å². The Labute approximate surface area is 172 Å². The maximum atomic E-state index is 13.8.